The van der Waals surface area contributed by atoms with Crippen LogP contribution in [0.15, 0.2) is 48.5 Å². The Balaban J connectivity index is 1.76. The highest BCUT2D eigenvalue weighted by atomic mass is 16.5. The van der Waals surface area contributed by atoms with Crippen molar-refractivity contribution in [1.29, 1.82) is 0 Å². The number of carbonyl (C=O) groups is 1. The van der Waals surface area contributed by atoms with E-state index in [0.29, 0.717) is 13.0 Å². The van der Waals surface area contributed by atoms with Crippen molar-refractivity contribution >= 4 is 5.91 Å². The summed E-state index contributed by atoms with van der Waals surface area (Å²) < 4.78 is 10.7. The molecule has 1 unspecified atom stereocenters. The van der Waals surface area contributed by atoms with Crippen LogP contribution in [0.1, 0.15) is 30.5 Å². The Kier molecular flexibility index (Phi) is 6.03. The fourth-order valence-corrected chi connectivity index (χ4v) is 2.19. The summed E-state index contributed by atoms with van der Waals surface area (Å²) in [4.78, 5) is 12.0. The quantitative estimate of drug-likeness (QED) is 0.849. The van der Waals surface area contributed by atoms with Crippen LogP contribution in [0.25, 0.3) is 0 Å². The van der Waals surface area contributed by atoms with Crippen LogP contribution >= 0.6 is 0 Å². The van der Waals surface area contributed by atoms with Crippen LogP contribution in [0, 0.1) is 6.92 Å². The lowest BCUT2D eigenvalue weighted by Crippen LogP contribution is -2.27. The summed E-state index contributed by atoms with van der Waals surface area (Å²) in [5.74, 6) is 1.56. The van der Waals surface area contributed by atoms with E-state index in [0.717, 1.165) is 17.1 Å². The zero-order chi connectivity index (χ0) is 16.7. The van der Waals surface area contributed by atoms with Gasteiger partial charge in [-0.05, 0) is 43.7 Å². The predicted molar refractivity (Wildman–Crippen MR) is 90.8 cm³/mol. The number of benzene rings is 2. The van der Waals surface area contributed by atoms with E-state index in [2.05, 4.69) is 5.32 Å². The molecule has 0 bridgehead atoms. The van der Waals surface area contributed by atoms with Crippen LogP contribution in [0.3, 0.4) is 0 Å². The van der Waals surface area contributed by atoms with Gasteiger partial charge in [-0.25, -0.2) is 0 Å². The van der Waals surface area contributed by atoms with Crippen molar-refractivity contribution in [2.75, 3.05) is 13.7 Å². The second-order valence-corrected chi connectivity index (χ2v) is 5.47. The summed E-state index contributed by atoms with van der Waals surface area (Å²) in [5, 5.41) is 2.97. The van der Waals surface area contributed by atoms with Gasteiger partial charge in [0.1, 0.15) is 11.5 Å². The predicted octanol–water partition coefficient (Wildman–Crippen LogP) is 3.65. The van der Waals surface area contributed by atoms with Gasteiger partial charge < -0.3 is 14.8 Å². The highest BCUT2D eigenvalue weighted by Crippen LogP contribution is 2.17. The van der Waals surface area contributed by atoms with Gasteiger partial charge in [0, 0.05) is 0 Å². The summed E-state index contributed by atoms with van der Waals surface area (Å²) in [5.41, 5.74) is 2.22. The van der Waals surface area contributed by atoms with Gasteiger partial charge in [-0.2, -0.15) is 0 Å². The van der Waals surface area contributed by atoms with Gasteiger partial charge in [0.2, 0.25) is 5.91 Å². The minimum Gasteiger partial charge on any atom is -0.497 e. The Hall–Kier alpha value is -2.49. The Labute approximate surface area is 137 Å². The second kappa shape index (κ2) is 8.22. The van der Waals surface area contributed by atoms with Crippen molar-refractivity contribution in [3.63, 3.8) is 0 Å². The van der Waals surface area contributed by atoms with Gasteiger partial charge in [0.15, 0.2) is 0 Å². The Morgan fingerprint density at radius 2 is 1.65 bits per heavy atom. The molecule has 2 aromatic rings. The van der Waals surface area contributed by atoms with Gasteiger partial charge in [-0.3, -0.25) is 4.79 Å². The van der Waals surface area contributed by atoms with Crippen molar-refractivity contribution in [2.45, 2.75) is 26.3 Å². The third-order valence-electron chi connectivity index (χ3n) is 3.61. The molecule has 1 N–H and O–H groups in total. The van der Waals surface area contributed by atoms with E-state index >= 15 is 0 Å². The molecule has 0 saturated carbocycles. The van der Waals surface area contributed by atoms with Crippen LogP contribution < -0.4 is 14.8 Å². The molecule has 0 fully saturated rings. The molecule has 4 nitrogen and oxygen atoms in total. The van der Waals surface area contributed by atoms with Gasteiger partial charge in [0.05, 0.1) is 26.2 Å². The van der Waals surface area contributed by atoms with Gasteiger partial charge >= 0.3 is 0 Å². The Morgan fingerprint density at radius 1 is 1.04 bits per heavy atom. The summed E-state index contributed by atoms with van der Waals surface area (Å²) in [6, 6.07) is 15.4. The SMILES string of the molecule is COc1ccc(C(C)NC(=O)CCOc2ccc(C)cc2)cc1. The smallest absolute Gasteiger partial charge is 0.223 e. The lowest BCUT2D eigenvalue weighted by molar-refractivity contribution is -0.122. The molecule has 0 aromatic heterocycles. The third-order valence-corrected chi connectivity index (χ3v) is 3.61. The summed E-state index contributed by atoms with van der Waals surface area (Å²) >= 11 is 0. The first-order chi connectivity index (χ1) is 11.1. The van der Waals surface area contributed by atoms with Crippen LogP contribution in [0.4, 0.5) is 0 Å². The fraction of sp³-hybridized carbons (Fsp3) is 0.316. The van der Waals surface area contributed by atoms with E-state index in [1.54, 1.807) is 7.11 Å². The maximum absolute atomic E-state index is 12.0. The van der Waals surface area contributed by atoms with Crippen LogP contribution in [0.2, 0.25) is 0 Å². The van der Waals surface area contributed by atoms with Crippen molar-refractivity contribution < 1.29 is 14.3 Å². The first-order valence-corrected chi connectivity index (χ1v) is 7.71. The molecule has 0 radical (unpaired) electrons. The van der Waals surface area contributed by atoms with Crippen molar-refractivity contribution in [3.8, 4) is 11.5 Å². The zero-order valence-electron chi connectivity index (χ0n) is 13.8. The summed E-state index contributed by atoms with van der Waals surface area (Å²) in [6.07, 6.45) is 0.328. The molecule has 2 rings (SSSR count). The van der Waals surface area contributed by atoms with E-state index in [1.165, 1.54) is 5.56 Å². The average molecular weight is 313 g/mol. The molecule has 1 atom stereocenters. The van der Waals surface area contributed by atoms with Crippen LogP contribution in [0.5, 0.6) is 11.5 Å². The highest BCUT2D eigenvalue weighted by Gasteiger charge is 2.09. The minimum atomic E-state index is -0.0484. The summed E-state index contributed by atoms with van der Waals surface area (Å²) in [7, 11) is 1.63. The molecule has 2 aromatic carbocycles. The lowest BCUT2D eigenvalue weighted by Gasteiger charge is -2.15. The molecule has 0 aliphatic rings. The van der Waals surface area contributed by atoms with E-state index in [4.69, 9.17) is 9.47 Å². The molecule has 0 spiro atoms. The number of hydrogen-bond acceptors (Lipinski definition) is 3. The van der Waals surface area contributed by atoms with Crippen LogP contribution in [-0.4, -0.2) is 19.6 Å². The molecule has 4 heteroatoms. The Morgan fingerprint density at radius 3 is 2.26 bits per heavy atom. The molecule has 0 aliphatic heterocycles. The van der Waals surface area contributed by atoms with Crippen molar-refractivity contribution in [1.82, 2.24) is 5.32 Å². The topological polar surface area (TPSA) is 47.6 Å². The molecule has 0 heterocycles. The van der Waals surface area contributed by atoms with Crippen LogP contribution in [-0.2, 0) is 4.79 Å². The second-order valence-electron chi connectivity index (χ2n) is 5.47. The fourth-order valence-electron chi connectivity index (χ4n) is 2.19. The lowest BCUT2D eigenvalue weighted by atomic mass is 10.1. The van der Waals surface area contributed by atoms with Crippen molar-refractivity contribution in [2.24, 2.45) is 0 Å². The molecule has 0 saturated heterocycles. The molecular formula is C19H23NO3. The van der Waals surface area contributed by atoms with E-state index < -0.39 is 0 Å². The maximum Gasteiger partial charge on any atom is 0.223 e. The molecule has 23 heavy (non-hydrogen) atoms. The Bertz CT molecular complexity index is 620. The van der Waals surface area contributed by atoms with Gasteiger partial charge in [-0.15, -0.1) is 0 Å². The number of ether oxygens (including phenoxy) is 2. The molecular weight excluding hydrogens is 290 g/mol. The molecule has 122 valence electrons. The number of methoxy groups -OCH3 is 1. The first kappa shape index (κ1) is 16.9. The van der Waals surface area contributed by atoms with Crippen molar-refractivity contribution in [3.05, 3.63) is 59.7 Å². The number of amides is 1. The average Bonchev–Trinajstić information content (AvgIpc) is 2.56. The monoisotopic (exact) mass is 313 g/mol. The summed E-state index contributed by atoms with van der Waals surface area (Å²) in [6.45, 7) is 4.35. The molecule has 1 amide bonds. The standard InChI is InChI=1S/C19H23NO3/c1-14-4-8-18(9-5-14)23-13-12-19(21)20-15(2)16-6-10-17(22-3)11-7-16/h4-11,15H,12-13H2,1-3H3,(H,20,21). The first-order valence-electron chi connectivity index (χ1n) is 7.71. The number of rotatable bonds is 7. The highest BCUT2D eigenvalue weighted by molar-refractivity contribution is 5.76. The molecule has 0 aliphatic carbocycles. The maximum atomic E-state index is 12.0. The minimum absolute atomic E-state index is 0.0274. The number of carbonyl (C=O) groups excluding carboxylic acids is 1. The number of nitrogens with one attached hydrogen (secondary N) is 1. The number of hydrogen-bond donors (Lipinski definition) is 1. The zero-order valence-corrected chi connectivity index (χ0v) is 13.8. The number of aryl methyl sites for hydroxylation is 1. The largest absolute Gasteiger partial charge is 0.497 e. The van der Waals surface area contributed by atoms with Gasteiger partial charge in [-0.1, -0.05) is 29.8 Å². The van der Waals surface area contributed by atoms with E-state index in [9.17, 15) is 4.79 Å². The third kappa shape index (κ3) is 5.33. The normalized spacial score (nSPS) is 11.6. The van der Waals surface area contributed by atoms with E-state index in [-0.39, 0.29) is 11.9 Å². The van der Waals surface area contributed by atoms with Gasteiger partial charge in [0.25, 0.3) is 0 Å². The van der Waals surface area contributed by atoms with E-state index in [1.807, 2.05) is 62.4 Å².